The van der Waals surface area contributed by atoms with Gasteiger partial charge in [0, 0.05) is 24.7 Å². The molecule has 1 saturated carbocycles. The molecule has 108 valence electrons. The van der Waals surface area contributed by atoms with Crippen molar-refractivity contribution in [2.24, 2.45) is 5.92 Å². The van der Waals surface area contributed by atoms with E-state index in [4.69, 9.17) is 23.2 Å². The first-order valence-corrected chi connectivity index (χ1v) is 7.73. The molecule has 2 fully saturated rings. The van der Waals surface area contributed by atoms with Crippen LogP contribution in [0.15, 0.2) is 12.1 Å². The number of rotatable bonds is 4. The predicted molar refractivity (Wildman–Crippen MR) is 79.3 cm³/mol. The summed E-state index contributed by atoms with van der Waals surface area (Å²) in [4.78, 5) is 18.4. The maximum atomic E-state index is 12.1. The van der Waals surface area contributed by atoms with Crippen LogP contribution in [0.25, 0.3) is 0 Å². The Morgan fingerprint density at radius 3 is 2.65 bits per heavy atom. The lowest BCUT2D eigenvalue weighted by atomic mass is 10.1. The Kier molecular flexibility index (Phi) is 4.15. The normalized spacial score (nSPS) is 23.0. The van der Waals surface area contributed by atoms with Crippen molar-refractivity contribution in [3.8, 4) is 0 Å². The average molecular weight is 314 g/mol. The third-order valence-electron chi connectivity index (χ3n) is 3.96. The molecule has 2 heterocycles. The van der Waals surface area contributed by atoms with Crippen LogP contribution in [0.2, 0.25) is 10.3 Å². The topological polar surface area (TPSA) is 45.2 Å². The van der Waals surface area contributed by atoms with Crippen molar-refractivity contribution >= 4 is 29.1 Å². The number of carbonyl (C=O) groups excluding carboxylic acids is 1. The number of hydrogen-bond donors (Lipinski definition) is 1. The Hall–Kier alpha value is -0.840. The van der Waals surface area contributed by atoms with E-state index in [2.05, 4.69) is 15.2 Å². The zero-order valence-electron chi connectivity index (χ0n) is 11.1. The van der Waals surface area contributed by atoms with Gasteiger partial charge in [0.15, 0.2) is 0 Å². The molecule has 1 atom stereocenters. The van der Waals surface area contributed by atoms with E-state index in [9.17, 15) is 4.79 Å². The van der Waals surface area contributed by atoms with Crippen molar-refractivity contribution < 1.29 is 4.79 Å². The summed E-state index contributed by atoms with van der Waals surface area (Å²) in [5.41, 5.74) is 0.465. The zero-order valence-corrected chi connectivity index (χ0v) is 12.6. The van der Waals surface area contributed by atoms with Crippen molar-refractivity contribution in [1.82, 2.24) is 15.2 Å². The minimum atomic E-state index is -0.138. The second-order valence-electron chi connectivity index (χ2n) is 5.59. The number of pyridine rings is 1. The Morgan fingerprint density at radius 2 is 2.00 bits per heavy atom. The summed E-state index contributed by atoms with van der Waals surface area (Å²) < 4.78 is 0. The fourth-order valence-corrected chi connectivity index (χ4v) is 3.20. The van der Waals surface area contributed by atoms with Crippen molar-refractivity contribution in [1.29, 1.82) is 0 Å². The first kappa shape index (κ1) is 14.1. The SMILES string of the molecule is O=C(NCC1CCN(C2CC2)C1)c1cc(Cl)nc(Cl)c1. The monoisotopic (exact) mass is 313 g/mol. The van der Waals surface area contributed by atoms with Gasteiger partial charge in [0.2, 0.25) is 0 Å². The van der Waals surface area contributed by atoms with E-state index in [0.29, 0.717) is 18.0 Å². The summed E-state index contributed by atoms with van der Waals surface area (Å²) in [7, 11) is 0. The molecule has 0 radical (unpaired) electrons. The summed E-state index contributed by atoms with van der Waals surface area (Å²) in [6.45, 7) is 2.97. The van der Waals surface area contributed by atoms with Crippen LogP contribution in [0.3, 0.4) is 0 Å². The highest BCUT2D eigenvalue weighted by Crippen LogP contribution is 2.31. The third kappa shape index (κ3) is 3.43. The quantitative estimate of drug-likeness (QED) is 0.869. The molecular formula is C14H17Cl2N3O. The first-order chi connectivity index (χ1) is 9.61. The molecule has 3 rings (SSSR count). The Bertz CT molecular complexity index is 499. The Balaban J connectivity index is 1.51. The highest BCUT2D eigenvalue weighted by molar-refractivity contribution is 6.33. The number of amides is 1. The smallest absolute Gasteiger partial charge is 0.251 e. The standard InChI is InChI=1S/C14H17Cl2N3O/c15-12-5-10(6-13(16)18-12)14(20)17-7-9-3-4-19(8-9)11-1-2-11/h5-6,9,11H,1-4,7-8H2,(H,17,20). The van der Waals surface area contributed by atoms with Gasteiger partial charge in [0.05, 0.1) is 0 Å². The molecule has 1 aliphatic heterocycles. The summed E-state index contributed by atoms with van der Waals surface area (Å²) >= 11 is 11.6. The van der Waals surface area contributed by atoms with Gasteiger partial charge in [0.25, 0.3) is 5.91 Å². The third-order valence-corrected chi connectivity index (χ3v) is 4.34. The van der Waals surface area contributed by atoms with Crippen LogP contribution >= 0.6 is 23.2 Å². The Morgan fingerprint density at radius 1 is 1.30 bits per heavy atom. The summed E-state index contributed by atoms with van der Waals surface area (Å²) in [5, 5.41) is 3.44. The van der Waals surface area contributed by atoms with Gasteiger partial charge in [-0.05, 0) is 43.9 Å². The van der Waals surface area contributed by atoms with E-state index in [1.54, 1.807) is 0 Å². The number of halogens is 2. The molecule has 1 amide bonds. The molecule has 1 aromatic heterocycles. The second kappa shape index (κ2) is 5.88. The lowest BCUT2D eigenvalue weighted by Gasteiger charge is -2.15. The fraction of sp³-hybridized carbons (Fsp3) is 0.571. The molecule has 4 nitrogen and oxygen atoms in total. The van der Waals surface area contributed by atoms with Gasteiger partial charge in [0.1, 0.15) is 10.3 Å². The number of carbonyl (C=O) groups is 1. The van der Waals surface area contributed by atoms with E-state index in [1.807, 2.05) is 0 Å². The number of aromatic nitrogens is 1. The van der Waals surface area contributed by atoms with E-state index in [1.165, 1.54) is 25.0 Å². The van der Waals surface area contributed by atoms with Crippen LogP contribution in [-0.2, 0) is 0 Å². The van der Waals surface area contributed by atoms with E-state index in [0.717, 1.165) is 25.6 Å². The molecule has 1 aliphatic carbocycles. The highest BCUT2D eigenvalue weighted by atomic mass is 35.5. The largest absolute Gasteiger partial charge is 0.352 e. The molecule has 0 bridgehead atoms. The molecule has 1 unspecified atom stereocenters. The minimum Gasteiger partial charge on any atom is -0.352 e. The van der Waals surface area contributed by atoms with Crippen molar-refractivity contribution in [3.05, 3.63) is 28.0 Å². The predicted octanol–water partition coefficient (Wildman–Crippen LogP) is 2.60. The number of likely N-dealkylation sites (tertiary alicyclic amines) is 1. The molecule has 1 aromatic rings. The van der Waals surface area contributed by atoms with Crippen LogP contribution in [0, 0.1) is 5.92 Å². The molecule has 2 aliphatic rings. The van der Waals surface area contributed by atoms with Crippen molar-refractivity contribution in [2.75, 3.05) is 19.6 Å². The molecular weight excluding hydrogens is 297 g/mol. The number of nitrogens with zero attached hydrogens (tertiary/aromatic N) is 2. The Labute approximate surface area is 128 Å². The van der Waals surface area contributed by atoms with Crippen LogP contribution < -0.4 is 5.32 Å². The van der Waals surface area contributed by atoms with Crippen molar-refractivity contribution in [2.45, 2.75) is 25.3 Å². The number of nitrogens with one attached hydrogen (secondary N) is 1. The average Bonchev–Trinajstić information content (AvgIpc) is 3.14. The van der Waals surface area contributed by atoms with Gasteiger partial charge < -0.3 is 10.2 Å². The zero-order chi connectivity index (χ0) is 14.1. The lowest BCUT2D eigenvalue weighted by molar-refractivity contribution is 0.0947. The second-order valence-corrected chi connectivity index (χ2v) is 6.37. The molecule has 6 heteroatoms. The van der Waals surface area contributed by atoms with Crippen LogP contribution in [0.5, 0.6) is 0 Å². The fourth-order valence-electron chi connectivity index (χ4n) is 2.74. The molecule has 0 spiro atoms. The minimum absolute atomic E-state index is 0.138. The van der Waals surface area contributed by atoms with Gasteiger partial charge in [-0.2, -0.15) is 0 Å². The van der Waals surface area contributed by atoms with Crippen LogP contribution in [0.4, 0.5) is 0 Å². The van der Waals surface area contributed by atoms with Crippen LogP contribution in [-0.4, -0.2) is 41.5 Å². The van der Waals surface area contributed by atoms with Gasteiger partial charge in [-0.15, -0.1) is 0 Å². The summed E-state index contributed by atoms with van der Waals surface area (Å²) in [6, 6.07) is 3.88. The van der Waals surface area contributed by atoms with Crippen LogP contribution in [0.1, 0.15) is 29.6 Å². The molecule has 1 N–H and O–H groups in total. The van der Waals surface area contributed by atoms with E-state index < -0.39 is 0 Å². The maximum absolute atomic E-state index is 12.1. The maximum Gasteiger partial charge on any atom is 0.251 e. The van der Waals surface area contributed by atoms with Gasteiger partial charge >= 0.3 is 0 Å². The lowest BCUT2D eigenvalue weighted by Crippen LogP contribution is -2.31. The molecule has 1 saturated heterocycles. The van der Waals surface area contributed by atoms with Gasteiger partial charge in [-0.3, -0.25) is 4.79 Å². The van der Waals surface area contributed by atoms with E-state index in [-0.39, 0.29) is 16.2 Å². The molecule has 0 aromatic carbocycles. The summed E-state index contributed by atoms with van der Waals surface area (Å²) in [6.07, 6.45) is 3.84. The first-order valence-electron chi connectivity index (χ1n) is 6.97. The summed E-state index contributed by atoms with van der Waals surface area (Å²) in [5.74, 6) is 0.411. The van der Waals surface area contributed by atoms with Gasteiger partial charge in [-0.1, -0.05) is 23.2 Å². The van der Waals surface area contributed by atoms with E-state index >= 15 is 0 Å². The molecule has 20 heavy (non-hydrogen) atoms. The highest BCUT2D eigenvalue weighted by Gasteiger charge is 2.34. The number of hydrogen-bond acceptors (Lipinski definition) is 3. The van der Waals surface area contributed by atoms with Crippen molar-refractivity contribution in [3.63, 3.8) is 0 Å². The van der Waals surface area contributed by atoms with Gasteiger partial charge in [-0.25, -0.2) is 4.98 Å².